The molecule has 1 aromatic carbocycles. The van der Waals surface area contributed by atoms with Crippen LogP contribution in [0.2, 0.25) is 0 Å². The van der Waals surface area contributed by atoms with Crippen molar-refractivity contribution in [2.24, 2.45) is 5.92 Å². The molecule has 0 radical (unpaired) electrons. The molecule has 0 bridgehead atoms. The maximum absolute atomic E-state index is 12.6. The smallest absolute Gasteiger partial charge is 0.318 e. The van der Waals surface area contributed by atoms with E-state index in [4.69, 9.17) is 5.11 Å². The second-order valence-corrected chi connectivity index (χ2v) is 6.24. The van der Waals surface area contributed by atoms with Gasteiger partial charge in [0.25, 0.3) is 0 Å². The molecule has 2 aliphatic rings. The van der Waals surface area contributed by atoms with Crippen LogP contribution in [0.3, 0.4) is 0 Å². The molecule has 0 saturated carbocycles. The Labute approximate surface area is 140 Å². The zero-order valence-electron chi connectivity index (χ0n) is 13.4. The molecule has 3 rings (SSSR count). The number of hydrogen-bond acceptors (Lipinski definition) is 3. The lowest BCUT2D eigenvalue weighted by atomic mass is 10.0. The second kappa shape index (κ2) is 6.90. The summed E-state index contributed by atoms with van der Waals surface area (Å²) in [7, 11) is 0. The van der Waals surface area contributed by atoms with E-state index in [0.717, 1.165) is 12.1 Å². The van der Waals surface area contributed by atoms with Crippen LogP contribution >= 0.6 is 0 Å². The van der Waals surface area contributed by atoms with Crippen molar-refractivity contribution in [3.05, 3.63) is 30.3 Å². The summed E-state index contributed by atoms with van der Waals surface area (Å²) in [5.41, 5.74) is 0.827. The Balaban J connectivity index is 1.62. The van der Waals surface area contributed by atoms with Crippen LogP contribution in [0.1, 0.15) is 19.3 Å². The van der Waals surface area contributed by atoms with Crippen molar-refractivity contribution in [1.29, 1.82) is 0 Å². The first kappa shape index (κ1) is 16.3. The first-order valence-corrected chi connectivity index (χ1v) is 8.21. The maximum Gasteiger partial charge on any atom is 0.318 e. The number of urea groups is 1. The molecular formula is C17H21N3O4. The van der Waals surface area contributed by atoms with Gasteiger partial charge < -0.3 is 20.2 Å². The molecule has 2 atom stereocenters. The number of para-hydroxylation sites is 1. The molecule has 0 aliphatic carbocycles. The summed E-state index contributed by atoms with van der Waals surface area (Å²) in [6.45, 7) is 1.25. The number of carboxylic acids is 1. The number of nitrogens with one attached hydrogen (secondary N) is 1. The molecule has 2 aliphatic heterocycles. The molecule has 1 aromatic rings. The van der Waals surface area contributed by atoms with E-state index in [2.05, 4.69) is 5.32 Å². The van der Waals surface area contributed by atoms with Crippen molar-refractivity contribution in [2.45, 2.75) is 25.3 Å². The van der Waals surface area contributed by atoms with Crippen LogP contribution < -0.4 is 10.2 Å². The first-order chi connectivity index (χ1) is 11.6. The Bertz CT molecular complexity index is 634. The van der Waals surface area contributed by atoms with Crippen molar-refractivity contribution in [2.75, 3.05) is 24.5 Å². The fourth-order valence-electron chi connectivity index (χ4n) is 3.26. The van der Waals surface area contributed by atoms with Crippen LogP contribution in [0.25, 0.3) is 0 Å². The zero-order chi connectivity index (χ0) is 17.1. The van der Waals surface area contributed by atoms with Crippen molar-refractivity contribution < 1.29 is 19.5 Å². The predicted octanol–water partition coefficient (Wildman–Crippen LogP) is 1.30. The van der Waals surface area contributed by atoms with Gasteiger partial charge in [0.05, 0.1) is 5.92 Å². The number of likely N-dealkylation sites (tertiary alicyclic amines) is 1. The van der Waals surface area contributed by atoms with Crippen molar-refractivity contribution in [1.82, 2.24) is 10.2 Å². The summed E-state index contributed by atoms with van der Waals surface area (Å²) in [5, 5.41) is 11.8. The van der Waals surface area contributed by atoms with Crippen molar-refractivity contribution in [3.8, 4) is 0 Å². The molecule has 7 heteroatoms. The molecule has 7 nitrogen and oxygen atoms in total. The lowest BCUT2D eigenvalue weighted by Gasteiger charge is -2.33. The Kier molecular flexibility index (Phi) is 4.69. The Hall–Kier alpha value is -2.57. The summed E-state index contributed by atoms with van der Waals surface area (Å²) in [6, 6.07) is 8.48. The number of hydrogen-bond donors (Lipinski definition) is 2. The molecule has 2 heterocycles. The van der Waals surface area contributed by atoms with E-state index in [0.29, 0.717) is 25.9 Å². The number of aliphatic carboxylic acids is 1. The molecule has 2 fully saturated rings. The normalized spacial score (nSPS) is 24.1. The van der Waals surface area contributed by atoms with Gasteiger partial charge in [0.1, 0.15) is 6.04 Å². The average Bonchev–Trinajstić information content (AvgIpc) is 3.08. The highest BCUT2D eigenvalue weighted by molar-refractivity contribution is 5.99. The summed E-state index contributed by atoms with van der Waals surface area (Å²) in [6.07, 6.45) is 1.87. The van der Waals surface area contributed by atoms with E-state index in [9.17, 15) is 14.4 Å². The zero-order valence-corrected chi connectivity index (χ0v) is 13.4. The van der Waals surface area contributed by atoms with Gasteiger partial charge in [-0.15, -0.1) is 0 Å². The largest absolute Gasteiger partial charge is 0.481 e. The van der Waals surface area contributed by atoms with Crippen LogP contribution in [0.4, 0.5) is 10.5 Å². The quantitative estimate of drug-likeness (QED) is 0.873. The van der Waals surface area contributed by atoms with Gasteiger partial charge in [0, 0.05) is 25.3 Å². The number of anilines is 1. The van der Waals surface area contributed by atoms with Gasteiger partial charge in [-0.3, -0.25) is 9.59 Å². The number of piperidine rings is 1. The highest BCUT2D eigenvalue weighted by Crippen LogP contribution is 2.21. The van der Waals surface area contributed by atoms with E-state index in [1.165, 1.54) is 4.90 Å². The number of nitrogens with zero attached hydrogens (tertiary/aromatic N) is 2. The van der Waals surface area contributed by atoms with Crippen LogP contribution in [0.15, 0.2) is 30.3 Å². The van der Waals surface area contributed by atoms with Crippen molar-refractivity contribution in [3.63, 3.8) is 0 Å². The third kappa shape index (κ3) is 3.34. The maximum atomic E-state index is 12.6. The SMILES string of the molecule is O=C(O)C1CCN(C(=O)NC2CCCN(c3ccccc3)C2=O)C1. The minimum absolute atomic E-state index is 0.116. The molecule has 2 saturated heterocycles. The van der Waals surface area contributed by atoms with Gasteiger partial charge in [0.2, 0.25) is 5.91 Å². The van der Waals surface area contributed by atoms with E-state index in [-0.39, 0.29) is 18.5 Å². The molecular weight excluding hydrogens is 310 g/mol. The molecule has 2 N–H and O–H groups in total. The third-order valence-electron chi connectivity index (χ3n) is 4.63. The molecule has 3 amide bonds. The summed E-state index contributed by atoms with van der Waals surface area (Å²) < 4.78 is 0. The topological polar surface area (TPSA) is 89.9 Å². The highest BCUT2D eigenvalue weighted by atomic mass is 16.4. The van der Waals surface area contributed by atoms with Gasteiger partial charge >= 0.3 is 12.0 Å². The summed E-state index contributed by atoms with van der Waals surface area (Å²) in [5.74, 6) is -1.51. The van der Waals surface area contributed by atoms with Gasteiger partial charge in [0.15, 0.2) is 0 Å². The second-order valence-electron chi connectivity index (χ2n) is 6.24. The van der Waals surface area contributed by atoms with Crippen LogP contribution in [0, 0.1) is 5.92 Å². The molecule has 128 valence electrons. The summed E-state index contributed by atoms with van der Waals surface area (Å²) in [4.78, 5) is 39.1. The predicted molar refractivity (Wildman–Crippen MR) is 87.7 cm³/mol. The average molecular weight is 331 g/mol. The fourth-order valence-corrected chi connectivity index (χ4v) is 3.26. The van der Waals surface area contributed by atoms with E-state index in [1.807, 2.05) is 30.3 Å². The number of carbonyl (C=O) groups is 3. The van der Waals surface area contributed by atoms with Gasteiger partial charge in [-0.2, -0.15) is 0 Å². The number of rotatable bonds is 3. The molecule has 24 heavy (non-hydrogen) atoms. The van der Waals surface area contributed by atoms with E-state index in [1.54, 1.807) is 4.90 Å². The molecule has 0 aromatic heterocycles. The number of carboxylic acid groups (broad SMARTS) is 1. The fraction of sp³-hybridized carbons (Fsp3) is 0.471. The Morgan fingerprint density at radius 1 is 1.12 bits per heavy atom. The lowest BCUT2D eigenvalue weighted by molar-refractivity contribution is -0.141. The molecule has 0 spiro atoms. The monoisotopic (exact) mass is 331 g/mol. The Morgan fingerprint density at radius 2 is 1.88 bits per heavy atom. The Morgan fingerprint density at radius 3 is 2.54 bits per heavy atom. The lowest BCUT2D eigenvalue weighted by Crippen LogP contribution is -2.55. The van der Waals surface area contributed by atoms with Gasteiger partial charge in [-0.05, 0) is 31.4 Å². The van der Waals surface area contributed by atoms with Gasteiger partial charge in [-0.25, -0.2) is 4.79 Å². The minimum atomic E-state index is -0.880. The first-order valence-electron chi connectivity index (χ1n) is 8.21. The van der Waals surface area contributed by atoms with E-state index >= 15 is 0 Å². The van der Waals surface area contributed by atoms with Crippen molar-refractivity contribution >= 4 is 23.6 Å². The standard InChI is InChI=1S/C17H21N3O4/c21-15-14(7-4-9-20(15)13-5-2-1-3-6-13)18-17(24)19-10-8-12(11-19)16(22)23/h1-3,5-6,12,14H,4,7-11H2,(H,18,24)(H,22,23). The summed E-state index contributed by atoms with van der Waals surface area (Å²) >= 11 is 0. The van der Waals surface area contributed by atoms with E-state index < -0.39 is 17.9 Å². The highest BCUT2D eigenvalue weighted by Gasteiger charge is 2.35. The van der Waals surface area contributed by atoms with Gasteiger partial charge in [-0.1, -0.05) is 18.2 Å². The number of benzene rings is 1. The van der Waals surface area contributed by atoms with Crippen LogP contribution in [-0.2, 0) is 9.59 Å². The molecule has 2 unspecified atom stereocenters. The minimum Gasteiger partial charge on any atom is -0.481 e. The number of carbonyl (C=O) groups excluding carboxylic acids is 2. The van der Waals surface area contributed by atoms with Crippen LogP contribution in [0.5, 0.6) is 0 Å². The van der Waals surface area contributed by atoms with Crippen LogP contribution in [-0.4, -0.2) is 53.6 Å². The third-order valence-corrected chi connectivity index (χ3v) is 4.63. The number of amides is 3.